The molecule has 3 aromatic heterocycles. The molecule has 1 atom stereocenters. The average Bonchev–Trinajstić information content (AvgIpc) is 3.26. The first-order valence-electron chi connectivity index (χ1n) is 7.64. The van der Waals surface area contributed by atoms with Crippen LogP contribution in [-0.2, 0) is 6.42 Å². The molecule has 3 aromatic rings. The van der Waals surface area contributed by atoms with Crippen molar-refractivity contribution >= 4 is 17.2 Å². The first kappa shape index (κ1) is 14.1. The van der Waals surface area contributed by atoms with E-state index in [-0.39, 0.29) is 11.9 Å². The van der Waals surface area contributed by atoms with Crippen molar-refractivity contribution < 1.29 is 4.79 Å². The first-order chi connectivity index (χ1) is 11.3. The SMILES string of the molecule is O=C(N[C@H]1CCCc2c1cnn2-c1ccccn1)c1ccsc1. The first-order valence-corrected chi connectivity index (χ1v) is 8.58. The summed E-state index contributed by atoms with van der Waals surface area (Å²) in [6, 6.07) is 7.66. The van der Waals surface area contributed by atoms with E-state index in [0.29, 0.717) is 0 Å². The van der Waals surface area contributed by atoms with E-state index in [1.54, 1.807) is 6.20 Å². The maximum atomic E-state index is 12.3. The summed E-state index contributed by atoms with van der Waals surface area (Å²) in [4.78, 5) is 16.7. The number of pyridine rings is 1. The highest BCUT2D eigenvalue weighted by Gasteiger charge is 2.26. The van der Waals surface area contributed by atoms with Gasteiger partial charge in [0, 0.05) is 17.1 Å². The third kappa shape index (κ3) is 2.66. The zero-order chi connectivity index (χ0) is 15.6. The van der Waals surface area contributed by atoms with Crippen molar-refractivity contribution in [2.45, 2.75) is 25.3 Å². The summed E-state index contributed by atoms with van der Waals surface area (Å²) in [5, 5.41) is 11.4. The summed E-state index contributed by atoms with van der Waals surface area (Å²) >= 11 is 1.53. The van der Waals surface area contributed by atoms with Crippen molar-refractivity contribution in [1.29, 1.82) is 0 Å². The number of carbonyl (C=O) groups is 1. The molecule has 0 saturated carbocycles. The Morgan fingerprint density at radius 1 is 1.35 bits per heavy atom. The smallest absolute Gasteiger partial charge is 0.252 e. The van der Waals surface area contributed by atoms with Crippen LogP contribution in [0.2, 0.25) is 0 Å². The Kier molecular flexibility index (Phi) is 3.67. The van der Waals surface area contributed by atoms with Crippen LogP contribution in [0.3, 0.4) is 0 Å². The molecule has 3 heterocycles. The minimum Gasteiger partial charge on any atom is -0.345 e. The van der Waals surface area contributed by atoms with Gasteiger partial charge in [-0.05, 0) is 42.8 Å². The van der Waals surface area contributed by atoms with Crippen molar-refractivity contribution in [1.82, 2.24) is 20.1 Å². The summed E-state index contributed by atoms with van der Waals surface area (Å²) in [7, 11) is 0. The van der Waals surface area contributed by atoms with Crippen LogP contribution in [0.5, 0.6) is 0 Å². The van der Waals surface area contributed by atoms with Crippen LogP contribution in [0, 0.1) is 0 Å². The zero-order valence-electron chi connectivity index (χ0n) is 12.5. The van der Waals surface area contributed by atoms with E-state index in [1.807, 2.05) is 45.9 Å². The lowest BCUT2D eigenvalue weighted by Crippen LogP contribution is -2.30. The van der Waals surface area contributed by atoms with E-state index in [9.17, 15) is 4.79 Å². The summed E-state index contributed by atoms with van der Waals surface area (Å²) < 4.78 is 1.89. The number of nitrogens with zero attached hydrogens (tertiary/aromatic N) is 3. The second-order valence-corrected chi connectivity index (χ2v) is 6.36. The number of aromatic nitrogens is 3. The molecule has 5 nitrogen and oxygen atoms in total. The van der Waals surface area contributed by atoms with Crippen LogP contribution in [0.15, 0.2) is 47.4 Å². The predicted molar refractivity (Wildman–Crippen MR) is 88.8 cm³/mol. The normalized spacial score (nSPS) is 16.8. The lowest BCUT2D eigenvalue weighted by Gasteiger charge is -2.24. The number of hydrogen-bond acceptors (Lipinski definition) is 4. The van der Waals surface area contributed by atoms with Gasteiger partial charge in [0.25, 0.3) is 5.91 Å². The molecule has 4 rings (SSSR count). The Balaban J connectivity index is 1.62. The van der Waals surface area contributed by atoms with E-state index in [4.69, 9.17) is 0 Å². The number of rotatable bonds is 3. The highest BCUT2D eigenvalue weighted by molar-refractivity contribution is 7.08. The summed E-state index contributed by atoms with van der Waals surface area (Å²) in [6.45, 7) is 0. The second kappa shape index (κ2) is 5.96. The number of carbonyl (C=O) groups excluding carboxylic acids is 1. The molecule has 0 radical (unpaired) electrons. The minimum atomic E-state index is -0.0188. The standard InChI is InChI=1S/C17H16N4OS/c22-17(12-7-9-23-11-12)20-14-4-3-5-15-13(14)10-19-21(15)16-6-1-2-8-18-16/h1-2,6-11,14H,3-5H2,(H,20,22)/t14-/m0/s1. The van der Waals surface area contributed by atoms with Gasteiger partial charge in [0.05, 0.1) is 23.5 Å². The summed E-state index contributed by atoms with van der Waals surface area (Å²) in [6.07, 6.45) is 6.55. The molecule has 0 spiro atoms. The average molecular weight is 324 g/mol. The lowest BCUT2D eigenvalue weighted by molar-refractivity contribution is 0.0933. The second-order valence-electron chi connectivity index (χ2n) is 5.58. The molecule has 0 unspecified atom stereocenters. The highest BCUT2D eigenvalue weighted by Crippen LogP contribution is 2.31. The third-order valence-corrected chi connectivity index (χ3v) is 4.82. The molecule has 6 heteroatoms. The van der Waals surface area contributed by atoms with Gasteiger partial charge in [-0.3, -0.25) is 4.79 Å². The van der Waals surface area contributed by atoms with E-state index >= 15 is 0 Å². The van der Waals surface area contributed by atoms with Gasteiger partial charge in [0.15, 0.2) is 5.82 Å². The number of hydrogen-bond donors (Lipinski definition) is 1. The molecule has 116 valence electrons. The highest BCUT2D eigenvalue weighted by atomic mass is 32.1. The summed E-state index contributed by atoms with van der Waals surface area (Å²) in [5.74, 6) is 0.799. The maximum absolute atomic E-state index is 12.3. The van der Waals surface area contributed by atoms with Gasteiger partial charge >= 0.3 is 0 Å². The monoisotopic (exact) mass is 324 g/mol. The fourth-order valence-corrected chi connectivity index (χ4v) is 3.65. The van der Waals surface area contributed by atoms with Crippen LogP contribution in [0.25, 0.3) is 5.82 Å². The van der Waals surface area contributed by atoms with E-state index < -0.39 is 0 Å². The molecule has 1 amide bonds. The zero-order valence-corrected chi connectivity index (χ0v) is 13.3. The third-order valence-electron chi connectivity index (χ3n) is 4.14. The van der Waals surface area contributed by atoms with Gasteiger partial charge < -0.3 is 5.32 Å². The van der Waals surface area contributed by atoms with Crippen LogP contribution in [-0.4, -0.2) is 20.7 Å². The number of nitrogens with one attached hydrogen (secondary N) is 1. The fourth-order valence-electron chi connectivity index (χ4n) is 3.02. The van der Waals surface area contributed by atoms with Crippen LogP contribution in [0.4, 0.5) is 0 Å². The molecule has 0 aliphatic heterocycles. The molecule has 1 N–H and O–H groups in total. The Labute approximate surface area is 138 Å². The van der Waals surface area contributed by atoms with Gasteiger partial charge in [0.1, 0.15) is 0 Å². The van der Waals surface area contributed by atoms with E-state index in [2.05, 4.69) is 15.4 Å². The maximum Gasteiger partial charge on any atom is 0.252 e. The van der Waals surface area contributed by atoms with E-state index in [1.165, 1.54) is 11.3 Å². The molecule has 0 saturated heterocycles. The molecule has 0 bridgehead atoms. The molecule has 0 aromatic carbocycles. The molecule has 0 fully saturated rings. The van der Waals surface area contributed by atoms with Gasteiger partial charge in [0.2, 0.25) is 0 Å². The predicted octanol–water partition coefficient (Wildman–Crippen LogP) is 3.14. The lowest BCUT2D eigenvalue weighted by atomic mass is 9.92. The summed E-state index contributed by atoms with van der Waals surface area (Å²) in [5.41, 5.74) is 2.97. The van der Waals surface area contributed by atoms with Crippen molar-refractivity contribution in [3.8, 4) is 5.82 Å². The minimum absolute atomic E-state index is 0.0172. The van der Waals surface area contributed by atoms with Crippen LogP contribution < -0.4 is 5.32 Å². The fraction of sp³-hybridized carbons (Fsp3) is 0.235. The van der Waals surface area contributed by atoms with Gasteiger partial charge in [-0.1, -0.05) is 6.07 Å². The van der Waals surface area contributed by atoms with Gasteiger partial charge in [-0.2, -0.15) is 16.4 Å². The Morgan fingerprint density at radius 3 is 3.09 bits per heavy atom. The number of amides is 1. The Bertz CT molecular complexity index is 811. The van der Waals surface area contributed by atoms with Gasteiger partial charge in [-0.15, -0.1) is 0 Å². The van der Waals surface area contributed by atoms with Crippen LogP contribution >= 0.6 is 11.3 Å². The molecular formula is C17H16N4OS. The Morgan fingerprint density at radius 2 is 2.30 bits per heavy atom. The molecule has 1 aliphatic carbocycles. The van der Waals surface area contributed by atoms with Gasteiger partial charge in [-0.25, -0.2) is 9.67 Å². The van der Waals surface area contributed by atoms with Crippen molar-refractivity contribution in [2.24, 2.45) is 0 Å². The van der Waals surface area contributed by atoms with Crippen molar-refractivity contribution in [2.75, 3.05) is 0 Å². The number of fused-ring (bicyclic) bond motifs is 1. The number of thiophene rings is 1. The topological polar surface area (TPSA) is 59.8 Å². The molecular weight excluding hydrogens is 308 g/mol. The Hall–Kier alpha value is -2.47. The van der Waals surface area contributed by atoms with Crippen molar-refractivity contribution in [3.63, 3.8) is 0 Å². The quantitative estimate of drug-likeness (QED) is 0.805. The molecule has 1 aliphatic rings. The van der Waals surface area contributed by atoms with Crippen molar-refractivity contribution in [3.05, 3.63) is 64.2 Å². The van der Waals surface area contributed by atoms with E-state index in [0.717, 1.165) is 41.9 Å². The largest absolute Gasteiger partial charge is 0.345 e. The molecule has 23 heavy (non-hydrogen) atoms. The van der Waals surface area contributed by atoms with Crippen LogP contribution in [0.1, 0.15) is 40.5 Å².